The molecule has 1 aromatic carbocycles. The lowest BCUT2D eigenvalue weighted by molar-refractivity contribution is 0.0951. The smallest absolute Gasteiger partial charge is 0.255 e. The van der Waals surface area contributed by atoms with E-state index in [1.165, 1.54) is 0 Å². The molecule has 0 aliphatic carbocycles. The van der Waals surface area contributed by atoms with Crippen LogP contribution in [0.5, 0.6) is 5.75 Å². The van der Waals surface area contributed by atoms with Gasteiger partial charge in [0.2, 0.25) is 0 Å². The van der Waals surface area contributed by atoms with Crippen molar-refractivity contribution >= 4 is 5.91 Å². The SMILES string of the molecule is CCc1ccc(O)c(C(=O)NCCc2cnc(C)o2)c1. The van der Waals surface area contributed by atoms with Crippen LogP contribution in [0, 0.1) is 6.92 Å². The summed E-state index contributed by atoms with van der Waals surface area (Å²) in [6.45, 7) is 4.21. The molecule has 0 fully saturated rings. The number of amides is 1. The van der Waals surface area contributed by atoms with Gasteiger partial charge in [-0.2, -0.15) is 0 Å². The number of aromatic hydroxyl groups is 1. The van der Waals surface area contributed by atoms with Gasteiger partial charge in [-0.25, -0.2) is 4.98 Å². The van der Waals surface area contributed by atoms with Crippen LogP contribution in [0.1, 0.15) is 34.5 Å². The van der Waals surface area contributed by atoms with E-state index < -0.39 is 0 Å². The van der Waals surface area contributed by atoms with Crippen LogP contribution in [0.4, 0.5) is 0 Å². The van der Waals surface area contributed by atoms with Crippen molar-refractivity contribution in [2.45, 2.75) is 26.7 Å². The largest absolute Gasteiger partial charge is 0.507 e. The Hall–Kier alpha value is -2.30. The quantitative estimate of drug-likeness (QED) is 0.876. The number of aryl methyl sites for hydroxylation is 2. The first-order chi connectivity index (χ1) is 9.60. The number of phenolic OH excluding ortho intramolecular Hbond substituents is 1. The van der Waals surface area contributed by atoms with Crippen molar-refractivity contribution in [3.8, 4) is 5.75 Å². The third-order valence-electron chi connectivity index (χ3n) is 3.04. The number of carbonyl (C=O) groups excluding carboxylic acids is 1. The number of hydrogen-bond acceptors (Lipinski definition) is 4. The molecule has 0 saturated heterocycles. The molecule has 0 aliphatic heterocycles. The summed E-state index contributed by atoms with van der Waals surface area (Å²) in [6, 6.07) is 5.07. The Balaban J connectivity index is 1.94. The molecule has 0 radical (unpaired) electrons. The molecule has 2 aromatic rings. The predicted octanol–water partition coefficient (Wildman–Crippen LogP) is 2.22. The number of hydrogen-bond donors (Lipinski definition) is 2. The first-order valence-electron chi connectivity index (χ1n) is 6.61. The second kappa shape index (κ2) is 6.23. The normalized spacial score (nSPS) is 10.5. The lowest BCUT2D eigenvalue weighted by atomic mass is 10.1. The average Bonchev–Trinajstić information content (AvgIpc) is 2.85. The highest BCUT2D eigenvalue weighted by Gasteiger charge is 2.11. The highest BCUT2D eigenvalue weighted by atomic mass is 16.4. The number of carbonyl (C=O) groups is 1. The maximum Gasteiger partial charge on any atom is 0.255 e. The molecule has 2 N–H and O–H groups in total. The molecule has 20 heavy (non-hydrogen) atoms. The third kappa shape index (κ3) is 3.38. The minimum atomic E-state index is -0.283. The summed E-state index contributed by atoms with van der Waals surface area (Å²) >= 11 is 0. The highest BCUT2D eigenvalue weighted by Crippen LogP contribution is 2.18. The molecule has 2 rings (SSSR count). The van der Waals surface area contributed by atoms with Crippen LogP contribution < -0.4 is 5.32 Å². The summed E-state index contributed by atoms with van der Waals surface area (Å²) in [4.78, 5) is 16.0. The second-order valence-corrected chi connectivity index (χ2v) is 4.56. The van der Waals surface area contributed by atoms with Gasteiger partial charge in [0.25, 0.3) is 5.91 Å². The Morgan fingerprint density at radius 2 is 2.25 bits per heavy atom. The van der Waals surface area contributed by atoms with Gasteiger partial charge in [0.05, 0.1) is 11.8 Å². The Bertz CT molecular complexity index is 605. The van der Waals surface area contributed by atoms with Crippen molar-refractivity contribution in [3.05, 3.63) is 47.2 Å². The van der Waals surface area contributed by atoms with Crippen molar-refractivity contribution in [2.24, 2.45) is 0 Å². The van der Waals surface area contributed by atoms with Gasteiger partial charge in [0.15, 0.2) is 5.89 Å². The molecule has 0 saturated carbocycles. The van der Waals surface area contributed by atoms with Crippen molar-refractivity contribution in [1.82, 2.24) is 10.3 Å². The van der Waals surface area contributed by atoms with Gasteiger partial charge in [0, 0.05) is 19.9 Å². The van der Waals surface area contributed by atoms with Crippen molar-refractivity contribution in [2.75, 3.05) is 6.54 Å². The van der Waals surface area contributed by atoms with Crippen LogP contribution in [0.3, 0.4) is 0 Å². The first kappa shape index (κ1) is 14.1. The van der Waals surface area contributed by atoms with E-state index in [4.69, 9.17) is 4.42 Å². The summed E-state index contributed by atoms with van der Waals surface area (Å²) in [7, 11) is 0. The Morgan fingerprint density at radius 3 is 2.90 bits per heavy atom. The summed E-state index contributed by atoms with van der Waals surface area (Å²) in [5.74, 6) is 1.05. The minimum Gasteiger partial charge on any atom is -0.507 e. The molecule has 0 spiro atoms. The topological polar surface area (TPSA) is 75.4 Å². The van der Waals surface area contributed by atoms with Gasteiger partial charge in [-0.3, -0.25) is 4.79 Å². The lowest BCUT2D eigenvalue weighted by Crippen LogP contribution is -2.25. The van der Waals surface area contributed by atoms with Crippen LogP contribution >= 0.6 is 0 Å². The number of aromatic nitrogens is 1. The van der Waals surface area contributed by atoms with Crippen LogP contribution in [-0.4, -0.2) is 22.5 Å². The maximum absolute atomic E-state index is 12.0. The summed E-state index contributed by atoms with van der Waals surface area (Å²) < 4.78 is 5.32. The molecule has 0 aliphatic rings. The van der Waals surface area contributed by atoms with E-state index in [1.54, 1.807) is 25.3 Å². The van der Waals surface area contributed by atoms with Gasteiger partial charge in [0.1, 0.15) is 11.5 Å². The summed E-state index contributed by atoms with van der Waals surface area (Å²) in [5, 5.41) is 12.5. The molecule has 1 aromatic heterocycles. The van der Waals surface area contributed by atoms with E-state index in [9.17, 15) is 9.90 Å². The summed E-state index contributed by atoms with van der Waals surface area (Å²) in [5.41, 5.74) is 1.32. The van der Waals surface area contributed by atoms with Gasteiger partial charge >= 0.3 is 0 Å². The molecule has 0 atom stereocenters. The number of nitrogens with one attached hydrogen (secondary N) is 1. The van der Waals surface area contributed by atoms with Crippen LogP contribution in [0.15, 0.2) is 28.8 Å². The van der Waals surface area contributed by atoms with Crippen LogP contribution in [0.2, 0.25) is 0 Å². The fraction of sp³-hybridized carbons (Fsp3) is 0.333. The van der Waals surface area contributed by atoms with E-state index in [0.29, 0.717) is 24.4 Å². The van der Waals surface area contributed by atoms with E-state index in [1.807, 2.05) is 13.0 Å². The number of nitrogens with zero attached hydrogens (tertiary/aromatic N) is 1. The Kier molecular flexibility index (Phi) is 4.40. The fourth-order valence-corrected chi connectivity index (χ4v) is 1.90. The van der Waals surface area contributed by atoms with Crippen molar-refractivity contribution in [1.29, 1.82) is 0 Å². The molecular weight excluding hydrogens is 256 g/mol. The Labute approximate surface area is 117 Å². The van der Waals surface area contributed by atoms with Crippen molar-refractivity contribution < 1.29 is 14.3 Å². The molecule has 5 nitrogen and oxygen atoms in total. The van der Waals surface area contributed by atoms with Gasteiger partial charge in [-0.05, 0) is 24.1 Å². The molecule has 5 heteroatoms. The van der Waals surface area contributed by atoms with Crippen molar-refractivity contribution in [3.63, 3.8) is 0 Å². The van der Waals surface area contributed by atoms with E-state index in [0.717, 1.165) is 17.7 Å². The van der Waals surface area contributed by atoms with Gasteiger partial charge < -0.3 is 14.8 Å². The monoisotopic (exact) mass is 274 g/mol. The van der Waals surface area contributed by atoms with Gasteiger partial charge in [-0.1, -0.05) is 13.0 Å². The fourth-order valence-electron chi connectivity index (χ4n) is 1.90. The molecule has 0 unspecified atom stereocenters. The van der Waals surface area contributed by atoms with E-state index >= 15 is 0 Å². The zero-order valence-corrected chi connectivity index (χ0v) is 11.6. The average molecular weight is 274 g/mol. The predicted molar refractivity (Wildman–Crippen MR) is 74.8 cm³/mol. The molecule has 1 amide bonds. The molecule has 1 heterocycles. The van der Waals surface area contributed by atoms with Crippen LogP contribution in [-0.2, 0) is 12.8 Å². The zero-order chi connectivity index (χ0) is 14.5. The molecule has 0 bridgehead atoms. The standard InChI is InChI=1S/C15H18N2O3/c1-3-11-4-5-14(18)13(8-11)15(19)16-7-6-12-9-17-10(2)20-12/h4-5,8-9,18H,3,6-7H2,1-2H3,(H,16,19). The number of rotatable bonds is 5. The van der Waals surface area contributed by atoms with Crippen LogP contribution in [0.25, 0.3) is 0 Å². The summed E-state index contributed by atoms with van der Waals surface area (Å²) in [6.07, 6.45) is 3.04. The maximum atomic E-state index is 12.0. The number of phenols is 1. The minimum absolute atomic E-state index is 0.00444. The number of oxazole rings is 1. The van der Waals surface area contributed by atoms with Gasteiger partial charge in [-0.15, -0.1) is 0 Å². The number of benzene rings is 1. The lowest BCUT2D eigenvalue weighted by Gasteiger charge is -2.07. The second-order valence-electron chi connectivity index (χ2n) is 4.56. The zero-order valence-electron chi connectivity index (χ0n) is 11.6. The third-order valence-corrected chi connectivity index (χ3v) is 3.04. The first-order valence-corrected chi connectivity index (χ1v) is 6.61. The molecular formula is C15H18N2O3. The Morgan fingerprint density at radius 1 is 1.45 bits per heavy atom. The molecule has 106 valence electrons. The highest BCUT2D eigenvalue weighted by molar-refractivity contribution is 5.96. The van der Waals surface area contributed by atoms with E-state index in [-0.39, 0.29) is 11.7 Å². The van der Waals surface area contributed by atoms with E-state index in [2.05, 4.69) is 10.3 Å².